The number of hydrogen-bond donors (Lipinski definition) is 0. The summed E-state index contributed by atoms with van der Waals surface area (Å²) in [6.07, 6.45) is 8.05. The maximum Gasteiger partial charge on any atom is 0.213 e. The zero-order valence-electron chi connectivity index (χ0n) is 12.2. The van der Waals surface area contributed by atoms with E-state index in [1.807, 2.05) is 18.2 Å². The summed E-state index contributed by atoms with van der Waals surface area (Å²) < 4.78 is 8.27. The van der Waals surface area contributed by atoms with E-state index in [1.54, 1.807) is 6.20 Å². The Morgan fingerprint density at radius 3 is 2.90 bits per heavy atom. The quantitative estimate of drug-likeness (QED) is 0.864. The Bertz CT molecular complexity index is 591. The number of nitrogens with zero attached hydrogens (tertiary/aromatic N) is 3. The van der Waals surface area contributed by atoms with E-state index in [1.165, 1.54) is 25.0 Å². The van der Waals surface area contributed by atoms with Crippen LogP contribution >= 0.6 is 0 Å². The van der Waals surface area contributed by atoms with Gasteiger partial charge in [0, 0.05) is 43.3 Å². The van der Waals surface area contributed by atoms with Crippen LogP contribution in [0.3, 0.4) is 0 Å². The van der Waals surface area contributed by atoms with Gasteiger partial charge in [-0.3, -0.25) is 4.90 Å². The first-order valence-electron chi connectivity index (χ1n) is 7.84. The highest BCUT2D eigenvalue weighted by Crippen LogP contribution is 2.31. The minimum Gasteiger partial charge on any atom is -0.475 e. The molecular weight excluding hydrogens is 262 g/mol. The van der Waals surface area contributed by atoms with Gasteiger partial charge in [0.2, 0.25) is 5.88 Å². The van der Waals surface area contributed by atoms with E-state index in [4.69, 9.17) is 4.74 Å². The third kappa shape index (κ3) is 2.56. The standard InChI is InChI=1S/C17H21N3O/c1-2-9-18-17(8-1)21-13-16-12-19(14-5-3-6-14)11-15-7-4-10-20(15)16/h1-2,4,7-10,14,16H,3,5-6,11-13H2. The van der Waals surface area contributed by atoms with Crippen LogP contribution < -0.4 is 4.74 Å². The van der Waals surface area contributed by atoms with Gasteiger partial charge >= 0.3 is 0 Å². The molecule has 21 heavy (non-hydrogen) atoms. The highest BCUT2D eigenvalue weighted by Gasteiger charge is 2.32. The van der Waals surface area contributed by atoms with E-state index in [2.05, 4.69) is 32.8 Å². The Morgan fingerprint density at radius 1 is 1.19 bits per heavy atom. The molecule has 4 nitrogen and oxygen atoms in total. The van der Waals surface area contributed by atoms with Gasteiger partial charge in [-0.1, -0.05) is 12.5 Å². The Kier molecular flexibility index (Phi) is 3.39. The molecule has 3 heterocycles. The fourth-order valence-electron chi connectivity index (χ4n) is 3.33. The average molecular weight is 283 g/mol. The van der Waals surface area contributed by atoms with Crippen molar-refractivity contribution in [3.05, 3.63) is 48.4 Å². The fourth-order valence-corrected chi connectivity index (χ4v) is 3.33. The summed E-state index contributed by atoms with van der Waals surface area (Å²) in [6, 6.07) is 11.3. The second kappa shape index (κ2) is 5.53. The molecule has 1 aliphatic heterocycles. The van der Waals surface area contributed by atoms with Crippen LogP contribution in [0.5, 0.6) is 5.88 Å². The van der Waals surface area contributed by atoms with Crippen LogP contribution in [0.15, 0.2) is 42.7 Å². The third-order valence-corrected chi connectivity index (χ3v) is 4.72. The lowest BCUT2D eigenvalue weighted by Gasteiger charge is -2.43. The lowest BCUT2D eigenvalue weighted by atomic mass is 9.90. The molecule has 4 heteroatoms. The zero-order valence-corrected chi connectivity index (χ0v) is 12.2. The third-order valence-electron chi connectivity index (χ3n) is 4.72. The molecule has 2 aromatic heterocycles. The van der Waals surface area contributed by atoms with Gasteiger partial charge in [-0.05, 0) is 31.0 Å². The highest BCUT2D eigenvalue weighted by atomic mass is 16.5. The molecule has 1 atom stereocenters. The maximum absolute atomic E-state index is 5.89. The number of ether oxygens (including phenoxy) is 1. The van der Waals surface area contributed by atoms with Crippen molar-refractivity contribution >= 4 is 0 Å². The smallest absolute Gasteiger partial charge is 0.213 e. The Balaban J connectivity index is 1.48. The van der Waals surface area contributed by atoms with Crippen molar-refractivity contribution in [2.24, 2.45) is 0 Å². The molecule has 4 rings (SSSR count). The van der Waals surface area contributed by atoms with Crippen molar-refractivity contribution in [1.82, 2.24) is 14.5 Å². The number of fused-ring (bicyclic) bond motifs is 1. The highest BCUT2D eigenvalue weighted by molar-refractivity contribution is 5.13. The maximum atomic E-state index is 5.89. The van der Waals surface area contributed by atoms with Crippen LogP contribution in [0, 0.1) is 0 Å². The molecule has 0 N–H and O–H groups in total. The SMILES string of the molecule is c1ccc(OCC2CN(C3CCC3)Cc3cccn32)nc1. The molecule has 0 aromatic carbocycles. The first-order chi connectivity index (χ1) is 10.4. The molecule has 1 fully saturated rings. The molecule has 0 radical (unpaired) electrons. The monoisotopic (exact) mass is 283 g/mol. The summed E-state index contributed by atoms with van der Waals surface area (Å²) in [7, 11) is 0. The lowest BCUT2D eigenvalue weighted by Crippen LogP contribution is -2.47. The van der Waals surface area contributed by atoms with E-state index < -0.39 is 0 Å². The summed E-state index contributed by atoms with van der Waals surface area (Å²) in [4.78, 5) is 6.87. The van der Waals surface area contributed by atoms with E-state index in [9.17, 15) is 0 Å². The molecule has 2 aliphatic rings. The van der Waals surface area contributed by atoms with E-state index >= 15 is 0 Å². The molecule has 110 valence electrons. The van der Waals surface area contributed by atoms with Crippen LogP contribution in [0.1, 0.15) is 31.0 Å². The van der Waals surface area contributed by atoms with Crippen molar-refractivity contribution in [2.45, 2.75) is 37.9 Å². The van der Waals surface area contributed by atoms with Gasteiger partial charge in [-0.2, -0.15) is 0 Å². The van der Waals surface area contributed by atoms with Gasteiger partial charge < -0.3 is 9.30 Å². The molecule has 2 aromatic rings. The van der Waals surface area contributed by atoms with Gasteiger partial charge in [0.15, 0.2) is 0 Å². The number of hydrogen-bond acceptors (Lipinski definition) is 3. The van der Waals surface area contributed by atoms with Crippen LogP contribution in [0.25, 0.3) is 0 Å². The normalized spacial score (nSPS) is 22.6. The molecule has 1 unspecified atom stereocenters. The van der Waals surface area contributed by atoms with Crippen LogP contribution in [0.4, 0.5) is 0 Å². The number of aromatic nitrogens is 2. The predicted molar refractivity (Wildman–Crippen MR) is 81.3 cm³/mol. The van der Waals surface area contributed by atoms with Crippen molar-refractivity contribution in [3.8, 4) is 5.88 Å². The average Bonchev–Trinajstić information content (AvgIpc) is 2.92. The Labute approximate surface area is 125 Å². The lowest BCUT2D eigenvalue weighted by molar-refractivity contribution is 0.0648. The summed E-state index contributed by atoms with van der Waals surface area (Å²) in [6.45, 7) is 2.85. The summed E-state index contributed by atoms with van der Waals surface area (Å²) in [5, 5.41) is 0. The molecule has 0 amide bonds. The largest absolute Gasteiger partial charge is 0.475 e. The van der Waals surface area contributed by atoms with Crippen molar-refractivity contribution in [2.75, 3.05) is 13.2 Å². The van der Waals surface area contributed by atoms with Crippen molar-refractivity contribution < 1.29 is 4.74 Å². The van der Waals surface area contributed by atoms with Gasteiger partial charge in [0.25, 0.3) is 0 Å². The summed E-state index contributed by atoms with van der Waals surface area (Å²) >= 11 is 0. The van der Waals surface area contributed by atoms with Gasteiger partial charge in [-0.25, -0.2) is 4.98 Å². The molecular formula is C17H21N3O. The van der Waals surface area contributed by atoms with Gasteiger partial charge in [0.1, 0.15) is 6.61 Å². The minimum atomic E-state index is 0.381. The molecule has 1 aliphatic carbocycles. The molecule has 1 saturated carbocycles. The minimum absolute atomic E-state index is 0.381. The number of pyridine rings is 1. The fraction of sp³-hybridized carbons (Fsp3) is 0.471. The van der Waals surface area contributed by atoms with E-state index in [-0.39, 0.29) is 0 Å². The summed E-state index contributed by atoms with van der Waals surface area (Å²) in [5.74, 6) is 0.715. The Hall–Kier alpha value is -1.81. The molecule has 0 saturated heterocycles. The molecule has 0 bridgehead atoms. The predicted octanol–water partition coefficient (Wildman–Crippen LogP) is 2.87. The second-order valence-corrected chi connectivity index (χ2v) is 6.05. The second-order valence-electron chi connectivity index (χ2n) is 6.05. The topological polar surface area (TPSA) is 30.3 Å². The molecule has 0 spiro atoms. The van der Waals surface area contributed by atoms with Gasteiger partial charge in [0.05, 0.1) is 6.04 Å². The van der Waals surface area contributed by atoms with Gasteiger partial charge in [-0.15, -0.1) is 0 Å². The van der Waals surface area contributed by atoms with Crippen molar-refractivity contribution in [1.29, 1.82) is 0 Å². The van der Waals surface area contributed by atoms with E-state index in [0.717, 1.165) is 19.1 Å². The van der Waals surface area contributed by atoms with Crippen LogP contribution in [0.2, 0.25) is 0 Å². The number of rotatable bonds is 4. The first-order valence-corrected chi connectivity index (χ1v) is 7.84. The Morgan fingerprint density at radius 2 is 2.14 bits per heavy atom. The van der Waals surface area contributed by atoms with Crippen molar-refractivity contribution in [3.63, 3.8) is 0 Å². The van der Waals surface area contributed by atoms with Crippen LogP contribution in [-0.4, -0.2) is 33.6 Å². The van der Waals surface area contributed by atoms with Crippen LogP contribution in [-0.2, 0) is 6.54 Å². The zero-order chi connectivity index (χ0) is 14.1. The first kappa shape index (κ1) is 12.9. The van der Waals surface area contributed by atoms with E-state index in [0.29, 0.717) is 18.5 Å². The summed E-state index contributed by atoms with van der Waals surface area (Å²) in [5.41, 5.74) is 1.41.